The maximum Gasteiger partial charge on any atom is 0.270 e. The lowest BCUT2D eigenvalue weighted by Gasteiger charge is -2.21. The van der Waals surface area contributed by atoms with Crippen LogP contribution in [0.15, 0.2) is 53.2 Å². The summed E-state index contributed by atoms with van der Waals surface area (Å²) < 4.78 is 5.92. The Balaban J connectivity index is 1.59. The largest absolute Gasteiger partial charge is 0.414 e. The fourth-order valence-electron chi connectivity index (χ4n) is 3.46. The third kappa shape index (κ3) is 5.31. The number of hydrogen-bond acceptors (Lipinski definition) is 10. The van der Waals surface area contributed by atoms with Crippen molar-refractivity contribution in [2.24, 2.45) is 0 Å². The minimum absolute atomic E-state index is 0.177. The first kappa shape index (κ1) is 24.8. The minimum atomic E-state index is -0.738. The van der Waals surface area contributed by atoms with Crippen molar-refractivity contribution in [3.05, 3.63) is 54.5 Å². The molecule has 3 heterocycles. The van der Waals surface area contributed by atoms with Crippen LogP contribution in [0.4, 0.5) is 11.5 Å². The molecule has 2 N–H and O–H groups in total. The Kier molecular flexibility index (Phi) is 6.94. The summed E-state index contributed by atoms with van der Waals surface area (Å²) in [5.41, 5.74) is 9.50. The fourth-order valence-corrected chi connectivity index (χ4v) is 3.46. The lowest BCUT2D eigenvalue weighted by Crippen LogP contribution is -2.28. The highest BCUT2D eigenvalue weighted by atomic mass is 16.4. The number of nitrogens with zero attached hydrogens (tertiary/aromatic N) is 8. The molecule has 4 rings (SSSR count). The van der Waals surface area contributed by atoms with E-state index in [0.29, 0.717) is 23.0 Å². The zero-order valence-corrected chi connectivity index (χ0v) is 21.1. The van der Waals surface area contributed by atoms with Gasteiger partial charge in [-0.2, -0.15) is 5.26 Å². The van der Waals surface area contributed by atoms with Gasteiger partial charge in [-0.15, -0.1) is 10.2 Å². The molecule has 0 fully saturated rings. The number of hydrogen-bond donors (Lipinski definition) is 1. The summed E-state index contributed by atoms with van der Waals surface area (Å²) in [7, 11) is 6.17. The van der Waals surface area contributed by atoms with Crippen LogP contribution in [0.1, 0.15) is 19.5 Å². The third-order valence-electron chi connectivity index (χ3n) is 5.84. The highest BCUT2D eigenvalue weighted by Gasteiger charge is 2.23. The number of nitrogens with two attached hydrogens (primary N) is 1. The van der Waals surface area contributed by atoms with Gasteiger partial charge in [0.15, 0.2) is 11.5 Å². The summed E-state index contributed by atoms with van der Waals surface area (Å²) in [5.74, 6) is 0.718. The Bertz CT molecular complexity index is 1390. The van der Waals surface area contributed by atoms with Crippen LogP contribution in [0.2, 0.25) is 0 Å². The van der Waals surface area contributed by atoms with Crippen LogP contribution in [-0.2, 0) is 5.41 Å². The Hall–Kier alpha value is -4.36. The summed E-state index contributed by atoms with van der Waals surface area (Å²) in [6, 6.07) is 13.8. The molecule has 10 heteroatoms. The van der Waals surface area contributed by atoms with Crippen molar-refractivity contribution < 1.29 is 4.42 Å². The predicted molar refractivity (Wildman–Crippen MR) is 139 cm³/mol. The van der Waals surface area contributed by atoms with Crippen molar-refractivity contribution in [3.8, 4) is 40.4 Å². The van der Waals surface area contributed by atoms with Crippen molar-refractivity contribution in [2.45, 2.75) is 19.3 Å². The number of nitriles is 1. The van der Waals surface area contributed by atoms with E-state index in [9.17, 15) is 5.26 Å². The molecule has 3 aromatic heterocycles. The molecule has 0 saturated carbocycles. The van der Waals surface area contributed by atoms with Gasteiger partial charge in [-0.1, -0.05) is 0 Å². The molecular weight excluding hydrogens is 454 g/mol. The van der Waals surface area contributed by atoms with Gasteiger partial charge >= 0.3 is 0 Å². The first-order valence-corrected chi connectivity index (χ1v) is 11.5. The molecule has 0 aliphatic carbocycles. The van der Waals surface area contributed by atoms with Gasteiger partial charge in [0, 0.05) is 43.1 Å². The summed E-state index contributed by atoms with van der Waals surface area (Å²) >= 11 is 0. The Morgan fingerprint density at radius 3 is 2.39 bits per heavy atom. The summed E-state index contributed by atoms with van der Waals surface area (Å²) in [5, 5.41) is 17.8. The van der Waals surface area contributed by atoms with E-state index in [1.54, 1.807) is 18.5 Å². The molecule has 0 amide bonds. The van der Waals surface area contributed by atoms with Crippen LogP contribution in [0.5, 0.6) is 0 Å². The van der Waals surface area contributed by atoms with E-state index >= 15 is 0 Å². The van der Waals surface area contributed by atoms with E-state index in [4.69, 9.17) is 10.2 Å². The molecule has 0 unspecified atom stereocenters. The molecule has 1 aromatic carbocycles. The molecule has 0 spiro atoms. The average Bonchev–Trinajstić information content (AvgIpc) is 3.38. The van der Waals surface area contributed by atoms with E-state index in [2.05, 4.69) is 62.2 Å². The van der Waals surface area contributed by atoms with Gasteiger partial charge in [0.05, 0.1) is 29.1 Å². The van der Waals surface area contributed by atoms with E-state index < -0.39 is 5.41 Å². The molecule has 0 saturated heterocycles. The monoisotopic (exact) mass is 483 g/mol. The Labute approximate surface area is 210 Å². The van der Waals surface area contributed by atoms with E-state index in [-0.39, 0.29) is 11.7 Å². The smallest absolute Gasteiger partial charge is 0.270 e. The van der Waals surface area contributed by atoms with Crippen LogP contribution < -0.4 is 10.6 Å². The second-order valence-electron chi connectivity index (χ2n) is 9.34. The third-order valence-corrected chi connectivity index (χ3v) is 5.84. The van der Waals surface area contributed by atoms with Gasteiger partial charge in [-0.25, -0.2) is 9.97 Å². The molecule has 0 atom stereocenters. The standard InChI is InChI=1S/C26H29N9O/c1-26(2,16-27)21-14-18(10-11-29-21)20-15-30-23(28)22(31-20)25-33-32-24(36-25)17-6-8-19(9-7-17)35(5)13-12-34(3)4/h6-11,14-15H,12-13H2,1-5H3,(H2,28,30). The fraction of sp³-hybridized carbons (Fsp3) is 0.308. The second kappa shape index (κ2) is 10.1. The van der Waals surface area contributed by atoms with Crippen molar-refractivity contribution in [3.63, 3.8) is 0 Å². The Morgan fingerprint density at radius 1 is 0.972 bits per heavy atom. The number of likely N-dealkylation sites (N-methyl/N-ethyl adjacent to an activating group) is 2. The van der Waals surface area contributed by atoms with Gasteiger partial charge in [-0.3, -0.25) is 4.98 Å². The Morgan fingerprint density at radius 2 is 1.69 bits per heavy atom. The minimum Gasteiger partial charge on any atom is -0.414 e. The molecule has 0 radical (unpaired) electrons. The van der Waals surface area contributed by atoms with Crippen LogP contribution in [0.3, 0.4) is 0 Å². The molecule has 0 aliphatic rings. The SMILES string of the molecule is CN(C)CCN(C)c1ccc(-c2nnc(-c3nc(-c4ccnc(C(C)(C)C#N)c4)cnc3N)o2)cc1. The first-order valence-electron chi connectivity index (χ1n) is 11.5. The van der Waals surface area contributed by atoms with Crippen LogP contribution in [-0.4, -0.2) is 64.3 Å². The van der Waals surface area contributed by atoms with Gasteiger partial charge in [0.2, 0.25) is 5.89 Å². The van der Waals surface area contributed by atoms with E-state index in [0.717, 1.165) is 29.9 Å². The van der Waals surface area contributed by atoms with Gasteiger partial charge in [0.25, 0.3) is 5.89 Å². The molecule has 10 nitrogen and oxygen atoms in total. The van der Waals surface area contributed by atoms with Crippen LogP contribution in [0, 0.1) is 11.3 Å². The van der Waals surface area contributed by atoms with Crippen molar-refractivity contribution in [1.82, 2.24) is 30.0 Å². The van der Waals surface area contributed by atoms with Crippen LogP contribution >= 0.6 is 0 Å². The zero-order valence-electron chi connectivity index (χ0n) is 21.1. The summed E-state index contributed by atoms with van der Waals surface area (Å²) in [4.78, 5) is 17.6. The highest BCUT2D eigenvalue weighted by Crippen LogP contribution is 2.30. The van der Waals surface area contributed by atoms with Gasteiger partial charge in [0.1, 0.15) is 0 Å². The molecule has 0 bridgehead atoms. The predicted octanol–water partition coefficient (Wildman–Crippen LogP) is 3.64. The summed E-state index contributed by atoms with van der Waals surface area (Å²) in [6.45, 7) is 5.50. The van der Waals surface area contributed by atoms with E-state index in [1.807, 2.05) is 44.2 Å². The van der Waals surface area contributed by atoms with E-state index in [1.165, 1.54) is 0 Å². The molecule has 4 aromatic rings. The van der Waals surface area contributed by atoms with Gasteiger partial charge < -0.3 is 20.0 Å². The highest BCUT2D eigenvalue weighted by molar-refractivity contribution is 5.69. The first-order chi connectivity index (χ1) is 17.2. The lowest BCUT2D eigenvalue weighted by atomic mass is 9.90. The topological polar surface area (TPSA) is 134 Å². The maximum absolute atomic E-state index is 9.45. The number of rotatable bonds is 8. The van der Waals surface area contributed by atoms with Crippen molar-refractivity contribution in [2.75, 3.05) is 44.9 Å². The zero-order chi connectivity index (χ0) is 25.9. The molecular formula is C26H29N9O. The second-order valence-corrected chi connectivity index (χ2v) is 9.34. The quantitative estimate of drug-likeness (QED) is 0.396. The van der Waals surface area contributed by atoms with Gasteiger partial charge in [-0.05, 0) is 64.3 Å². The number of aromatic nitrogens is 5. The lowest BCUT2D eigenvalue weighted by molar-refractivity contribution is 0.416. The number of anilines is 2. The number of nitrogen functional groups attached to an aromatic ring is 1. The van der Waals surface area contributed by atoms with Crippen LogP contribution in [0.25, 0.3) is 34.3 Å². The van der Waals surface area contributed by atoms with Crippen molar-refractivity contribution in [1.29, 1.82) is 5.26 Å². The normalized spacial score (nSPS) is 11.5. The number of benzene rings is 1. The molecule has 184 valence electrons. The molecule has 0 aliphatic heterocycles. The molecule has 36 heavy (non-hydrogen) atoms. The van der Waals surface area contributed by atoms with Crippen molar-refractivity contribution >= 4 is 11.5 Å². The summed E-state index contributed by atoms with van der Waals surface area (Å²) in [6.07, 6.45) is 3.22. The maximum atomic E-state index is 9.45. The average molecular weight is 484 g/mol. The number of pyridine rings is 1.